The summed E-state index contributed by atoms with van der Waals surface area (Å²) in [4.78, 5) is 22.0. The molecule has 0 radical (unpaired) electrons. The van der Waals surface area contributed by atoms with Gasteiger partial charge in [0.15, 0.2) is 0 Å². The van der Waals surface area contributed by atoms with Crippen LogP contribution in [0.3, 0.4) is 0 Å². The van der Waals surface area contributed by atoms with Crippen LogP contribution in [-0.4, -0.2) is 50.1 Å². The van der Waals surface area contributed by atoms with Gasteiger partial charge in [0.2, 0.25) is 15.9 Å². The van der Waals surface area contributed by atoms with Crippen LogP contribution in [0.15, 0.2) is 72.8 Å². The topological polar surface area (TPSA) is 143 Å². The molecule has 0 aliphatic carbocycles. The van der Waals surface area contributed by atoms with Crippen LogP contribution in [0, 0.1) is 6.92 Å². The van der Waals surface area contributed by atoms with E-state index in [1.807, 2.05) is 83.1 Å². The lowest BCUT2D eigenvalue weighted by atomic mass is 9.99. The molecule has 0 aromatic heterocycles. The first kappa shape index (κ1) is 53.1. The lowest BCUT2D eigenvalue weighted by Gasteiger charge is -2.15. The van der Waals surface area contributed by atoms with Crippen molar-refractivity contribution in [1.29, 1.82) is 0 Å². The van der Waals surface area contributed by atoms with E-state index in [0.29, 0.717) is 38.5 Å². The van der Waals surface area contributed by atoms with E-state index in [1.54, 1.807) is 30.5 Å². The van der Waals surface area contributed by atoms with Gasteiger partial charge in [0.05, 0.1) is 19.1 Å². The molecule has 1 atom stereocenters. The minimum atomic E-state index is -3.20. The summed E-state index contributed by atoms with van der Waals surface area (Å²) in [6.45, 7) is 19.9. The van der Waals surface area contributed by atoms with E-state index in [2.05, 4.69) is 58.4 Å². The molecule has 0 spiro atoms. The van der Waals surface area contributed by atoms with Gasteiger partial charge in [0.1, 0.15) is 0 Å². The predicted molar refractivity (Wildman–Crippen MR) is 255 cm³/mol. The van der Waals surface area contributed by atoms with Gasteiger partial charge in [0, 0.05) is 55.0 Å². The van der Waals surface area contributed by atoms with Gasteiger partial charge in [-0.1, -0.05) is 108 Å². The molecule has 1 unspecified atom stereocenters. The Hall–Kier alpha value is -3.94. The van der Waals surface area contributed by atoms with Gasteiger partial charge in [-0.05, 0) is 119 Å². The molecule has 0 saturated carbocycles. The minimum absolute atomic E-state index is 0.0609. The number of anilines is 4. The first-order valence-corrected chi connectivity index (χ1v) is 24.0. The number of sulfonamides is 1. The van der Waals surface area contributed by atoms with Gasteiger partial charge >= 0.3 is 6.09 Å². The molecular formula is C44H61Cl3N4O6S2. The number of rotatable bonds is 10. The van der Waals surface area contributed by atoms with Crippen molar-refractivity contribution >= 4 is 95.2 Å². The number of nitrogens with one attached hydrogen (secondary N) is 4. The highest BCUT2D eigenvalue weighted by molar-refractivity contribution is 8.00. The summed E-state index contributed by atoms with van der Waals surface area (Å²) < 4.78 is 43.8. The maximum Gasteiger partial charge on any atom is 0.411 e. The predicted octanol–water partition coefficient (Wildman–Crippen LogP) is 12.7. The number of hydrogen-bond donors (Lipinski definition) is 4. The highest BCUT2D eigenvalue weighted by Gasteiger charge is 2.12. The molecule has 4 N–H and O–H groups in total. The summed E-state index contributed by atoms with van der Waals surface area (Å²) in [7, 11) is -4.10. The van der Waals surface area contributed by atoms with E-state index < -0.39 is 25.8 Å². The van der Waals surface area contributed by atoms with E-state index >= 15 is 0 Å². The zero-order valence-electron chi connectivity index (χ0n) is 36.3. The molecular weight excluding hydrogens is 851 g/mol. The molecule has 0 aliphatic rings. The van der Waals surface area contributed by atoms with Crippen LogP contribution in [-0.2, 0) is 29.3 Å². The summed E-state index contributed by atoms with van der Waals surface area (Å²) in [5, 5.41) is 7.48. The Labute approximate surface area is 368 Å². The van der Waals surface area contributed by atoms with E-state index in [-0.39, 0.29) is 11.8 Å². The standard InChI is InChI=1S/C11H14ClNO2.C11H16ClNOS.C11H14ClNO.C11H17NO2S/c1-7(2)9-6-8(12)4-5-10(9)13-11(14)15-3;1-8(2)10-7-9(12)5-6-11(10)13-15(3,4)14;1-7(2)10-6-9(12)4-5-11(10)13-8(3)14;1-8(2)10-7-9(3)5-6-11(10)12-15(4,13)14/h4-7H,1-3H3,(H,13,14);5-8H,3H2,1-2,4H3,(H,13,14);4-7H,1-3H3,(H,13,14);5-8,12H,1-4H3. The molecule has 326 valence electrons. The molecule has 4 rings (SSSR count). The van der Waals surface area contributed by atoms with Crippen molar-refractivity contribution in [2.45, 2.75) is 92.9 Å². The first-order valence-electron chi connectivity index (χ1n) is 18.8. The summed E-state index contributed by atoms with van der Waals surface area (Å²) >= 11 is 17.7. The van der Waals surface area contributed by atoms with Gasteiger partial charge < -0.3 is 14.8 Å². The smallest absolute Gasteiger partial charge is 0.411 e. The summed E-state index contributed by atoms with van der Waals surface area (Å²) in [6, 6.07) is 22.1. The molecule has 4 aromatic rings. The van der Waals surface area contributed by atoms with Crippen LogP contribution >= 0.6 is 34.8 Å². The highest BCUT2D eigenvalue weighted by Crippen LogP contribution is 2.30. The minimum Gasteiger partial charge on any atom is -0.453 e. The lowest BCUT2D eigenvalue weighted by Crippen LogP contribution is -2.12. The van der Waals surface area contributed by atoms with Crippen LogP contribution < -0.4 is 20.1 Å². The molecule has 0 saturated heterocycles. The van der Waals surface area contributed by atoms with E-state index in [0.717, 1.165) is 51.1 Å². The van der Waals surface area contributed by atoms with Crippen molar-refractivity contribution in [2.24, 2.45) is 0 Å². The number of amides is 2. The van der Waals surface area contributed by atoms with Crippen LogP contribution in [0.4, 0.5) is 27.5 Å². The maximum atomic E-state index is 11.6. The molecule has 15 heteroatoms. The van der Waals surface area contributed by atoms with Crippen molar-refractivity contribution in [3.05, 3.63) is 116 Å². The Bertz CT molecular complexity index is 2160. The monoisotopic (exact) mass is 910 g/mol. The van der Waals surface area contributed by atoms with Crippen molar-refractivity contribution in [2.75, 3.05) is 39.7 Å². The van der Waals surface area contributed by atoms with Crippen LogP contribution in [0.5, 0.6) is 0 Å². The van der Waals surface area contributed by atoms with Crippen molar-refractivity contribution < 1.29 is 27.0 Å². The van der Waals surface area contributed by atoms with Crippen molar-refractivity contribution in [1.82, 2.24) is 0 Å². The fourth-order valence-corrected chi connectivity index (χ4v) is 7.17. The second-order valence-corrected chi connectivity index (χ2v) is 20.5. The Balaban J connectivity index is 0.000000393. The fourth-order valence-electron chi connectivity index (χ4n) is 5.39. The first-order chi connectivity index (χ1) is 27.1. The highest BCUT2D eigenvalue weighted by atomic mass is 35.5. The number of benzene rings is 4. The molecule has 0 aliphatic heterocycles. The van der Waals surface area contributed by atoms with Gasteiger partial charge in [-0.2, -0.15) is 0 Å². The SMILES string of the molecule is C=S(C)(=O)Nc1ccc(Cl)cc1C(C)C.CC(=O)Nc1ccc(Cl)cc1C(C)C.COC(=O)Nc1ccc(Cl)cc1C(C)C.Cc1ccc(NS(C)(=O)=O)c(C(C)C)c1. The third-order valence-corrected chi connectivity index (χ3v) is 10.0. The average molecular weight is 912 g/mol. The van der Waals surface area contributed by atoms with E-state index in [1.165, 1.54) is 14.0 Å². The molecule has 0 heterocycles. The number of carbonyl (C=O) groups is 2. The molecule has 2 amide bonds. The van der Waals surface area contributed by atoms with Crippen LogP contribution in [0.25, 0.3) is 0 Å². The summed E-state index contributed by atoms with van der Waals surface area (Å²) in [6.07, 6.45) is 2.27. The van der Waals surface area contributed by atoms with Crippen molar-refractivity contribution in [3.63, 3.8) is 0 Å². The second kappa shape index (κ2) is 24.3. The second-order valence-electron chi connectivity index (χ2n) is 15.2. The summed E-state index contributed by atoms with van der Waals surface area (Å²) in [5.74, 6) is 4.77. The third kappa shape index (κ3) is 20.7. The van der Waals surface area contributed by atoms with E-state index in [4.69, 9.17) is 34.8 Å². The number of hydrogen-bond acceptors (Lipinski definition) is 6. The Kier molecular flexibility index (Phi) is 21.9. The van der Waals surface area contributed by atoms with Crippen LogP contribution in [0.2, 0.25) is 15.1 Å². The average Bonchev–Trinajstić information content (AvgIpc) is 3.10. The molecule has 10 nitrogen and oxygen atoms in total. The van der Waals surface area contributed by atoms with Gasteiger partial charge in [-0.15, -0.1) is 0 Å². The zero-order valence-corrected chi connectivity index (χ0v) is 40.2. The number of ether oxygens (including phenoxy) is 1. The Morgan fingerprint density at radius 1 is 0.576 bits per heavy atom. The number of methoxy groups -OCH3 is 1. The van der Waals surface area contributed by atoms with Gasteiger partial charge in [-0.3, -0.25) is 14.8 Å². The molecule has 0 bridgehead atoms. The largest absolute Gasteiger partial charge is 0.453 e. The normalized spacial score (nSPS) is 11.9. The quantitative estimate of drug-likeness (QED) is 0.117. The Morgan fingerprint density at radius 2 is 0.915 bits per heavy atom. The van der Waals surface area contributed by atoms with E-state index in [9.17, 15) is 22.2 Å². The van der Waals surface area contributed by atoms with Gasteiger partial charge in [-0.25, -0.2) is 17.4 Å². The molecule has 59 heavy (non-hydrogen) atoms. The Morgan fingerprint density at radius 3 is 1.27 bits per heavy atom. The number of halogens is 3. The molecule has 4 aromatic carbocycles. The zero-order chi connectivity index (χ0) is 45.4. The maximum absolute atomic E-state index is 11.6. The van der Waals surface area contributed by atoms with Gasteiger partial charge in [0.25, 0.3) is 0 Å². The fraction of sp³-hybridized carbons (Fsp3) is 0.386. The van der Waals surface area contributed by atoms with Crippen molar-refractivity contribution in [3.8, 4) is 0 Å². The molecule has 0 fully saturated rings. The lowest BCUT2D eigenvalue weighted by molar-refractivity contribution is -0.114. The summed E-state index contributed by atoms with van der Waals surface area (Å²) in [5.41, 5.74) is 8.38. The van der Waals surface area contributed by atoms with Crippen LogP contribution in [0.1, 0.15) is 114 Å². The third-order valence-electron chi connectivity index (χ3n) is 8.09. The number of aryl methyl sites for hydroxylation is 1. The number of carbonyl (C=O) groups excluding carboxylic acids is 2.